The van der Waals surface area contributed by atoms with Crippen molar-refractivity contribution in [1.29, 1.82) is 10.8 Å². The Labute approximate surface area is 136 Å². The van der Waals surface area contributed by atoms with Crippen LogP contribution < -0.4 is 4.90 Å². The SMILES string of the molecule is CCC1N=C(c2ccccc2)c2ccccc2N(C(C)=N)C1=N. The number of fused-ring (bicyclic) bond motifs is 1. The Kier molecular flexibility index (Phi) is 4.06. The first kappa shape index (κ1) is 15.2. The van der Waals surface area contributed by atoms with Crippen molar-refractivity contribution >= 4 is 23.1 Å². The van der Waals surface area contributed by atoms with Gasteiger partial charge >= 0.3 is 0 Å². The van der Waals surface area contributed by atoms with Gasteiger partial charge in [-0.25, -0.2) is 0 Å². The normalized spacial score (nSPS) is 17.3. The number of hydrogen-bond acceptors (Lipinski definition) is 3. The summed E-state index contributed by atoms with van der Waals surface area (Å²) in [5, 5.41) is 16.7. The summed E-state index contributed by atoms with van der Waals surface area (Å²) in [6.45, 7) is 3.74. The average Bonchev–Trinajstić information content (AvgIpc) is 2.69. The van der Waals surface area contributed by atoms with Crippen LogP contribution in [0.3, 0.4) is 0 Å². The lowest BCUT2D eigenvalue weighted by molar-refractivity contribution is 0.810. The van der Waals surface area contributed by atoms with Crippen LogP contribution in [0.4, 0.5) is 5.69 Å². The highest BCUT2D eigenvalue weighted by molar-refractivity contribution is 6.26. The van der Waals surface area contributed by atoms with Gasteiger partial charge in [-0.05, 0) is 19.4 Å². The number of anilines is 1. The summed E-state index contributed by atoms with van der Waals surface area (Å²) in [5.74, 6) is 0.698. The van der Waals surface area contributed by atoms with Gasteiger partial charge in [0, 0.05) is 11.1 Å². The molecule has 2 aromatic rings. The van der Waals surface area contributed by atoms with Gasteiger partial charge in [-0.1, -0.05) is 55.5 Å². The molecule has 4 heteroatoms. The maximum atomic E-state index is 8.53. The molecule has 4 nitrogen and oxygen atoms in total. The van der Waals surface area contributed by atoms with Gasteiger partial charge in [0.2, 0.25) is 0 Å². The zero-order valence-electron chi connectivity index (χ0n) is 13.4. The second-order valence-corrected chi connectivity index (χ2v) is 5.59. The molecule has 0 aliphatic carbocycles. The smallest absolute Gasteiger partial charge is 0.131 e. The van der Waals surface area contributed by atoms with Crippen LogP contribution in [0.5, 0.6) is 0 Å². The van der Waals surface area contributed by atoms with Crippen LogP contribution >= 0.6 is 0 Å². The fourth-order valence-corrected chi connectivity index (χ4v) is 2.91. The zero-order chi connectivity index (χ0) is 16.4. The molecule has 1 aliphatic heterocycles. The lowest BCUT2D eigenvalue weighted by atomic mass is 10.0. The number of aliphatic imine (C=N–C) groups is 1. The molecule has 2 N–H and O–H groups in total. The molecule has 1 heterocycles. The molecule has 0 saturated carbocycles. The van der Waals surface area contributed by atoms with E-state index >= 15 is 0 Å². The number of benzodiazepines with no additional fused rings is 1. The molecule has 1 aliphatic rings. The van der Waals surface area contributed by atoms with Crippen LogP contribution in [0.2, 0.25) is 0 Å². The third kappa shape index (κ3) is 2.68. The quantitative estimate of drug-likeness (QED) is 0.637. The average molecular weight is 304 g/mol. The third-order valence-corrected chi connectivity index (χ3v) is 4.01. The molecule has 3 rings (SSSR count). The number of para-hydroxylation sites is 1. The fourth-order valence-electron chi connectivity index (χ4n) is 2.91. The van der Waals surface area contributed by atoms with E-state index in [-0.39, 0.29) is 6.04 Å². The Morgan fingerprint density at radius 3 is 2.39 bits per heavy atom. The molecule has 0 spiro atoms. The molecule has 116 valence electrons. The highest BCUT2D eigenvalue weighted by Gasteiger charge is 2.29. The lowest BCUT2D eigenvalue weighted by Gasteiger charge is -2.26. The van der Waals surface area contributed by atoms with Crippen molar-refractivity contribution < 1.29 is 0 Å². The standard InChI is InChI=1S/C19H20N4/c1-3-16-19(21)23(13(2)20)17-12-8-7-11-15(17)18(22-16)14-9-5-4-6-10-14/h4-12,16,20-21H,3H2,1-2H3. The molecule has 1 unspecified atom stereocenters. The van der Waals surface area contributed by atoms with Crippen molar-refractivity contribution in [1.82, 2.24) is 0 Å². The minimum atomic E-state index is -0.252. The van der Waals surface area contributed by atoms with E-state index in [4.69, 9.17) is 15.8 Å². The largest absolute Gasteiger partial charge is 0.288 e. The minimum Gasteiger partial charge on any atom is -0.288 e. The van der Waals surface area contributed by atoms with E-state index in [1.165, 1.54) is 0 Å². The van der Waals surface area contributed by atoms with E-state index in [1.54, 1.807) is 11.8 Å². The summed E-state index contributed by atoms with van der Waals surface area (Å²) in [6.07, 6.45) is 0.729. The van der Waals surface area contributed by atoms with Gasteiger partial charge in [0.15, 0.2) is 0 Å². The van der Waals surface area contributed by atoms with Gasteiger partial charge in [0.1, 0.15) is 17.7 Å². The van der Waals surface area contributed by atoms with E-state index in [0.717, 1.165) is 28.9 Å². The maximum absolute atomic E-state index is 8.53. The predicted octanol–water partition coefficient (Wildman–Crippen LogP) is 4.10. The van der Waals surface area contributed by atoms with Gasteiger partial charge in [0.05, 0.1) is 11.4 Å². The first-order chi connectivity index (χ1) is 11.1. The van der Waals surface area contributed by atoms with Gasteiger partial charge in [-0.2, -0.15) is 0 Å². The minimum absolute atomic E-state index is 0.252. The monoisotopic (exact) mass is 304 g/mol. The Bertz CT molecular complexity index is 777. The first-order valence-electron chi connectivity index (χ1n) is 7.79. The lowest BCUT2D eigenvalue weighted by Crippen LogP contribution is -2.40. The fraction of sp³-hybridized carbons (Fsp3) is 0.211. The Hall–Kier alpha value is -2.75. The second-order valence-electron chi connectivity index (χ2n) is 5.59. The van der Waals surface area contributed by atoms with Gasteiger partial charge in [-0.3, -0.25) is 20.7 Å². The van der Waals surface area contributed by atoms with E-state index in [2.05, 4.69) is 0 Å². The molecule has 0 fully saturated rings. The highest BCUT2D eigenvalue weighted by Crippen LogP contribution is 2.29. The Morgan fingerprint density at radius 1 is 1.09 bits per heavy atom. The van der Waals surface area contributed by atoms with Crippen molar-refractivity contribution in [2.75, 3.05) is 4.90 Å². The van der Waals surface area contributed by atoms with E-state index in [1.807, 2.05) is 61.5 Å². The van der Waals surface area contributed by atoms with E-state index in [9.17, 15) is 0 Å². The summed E-state index contributed by atoms with van der Waals surface area (Å²) in [6, 6.07) is 17.7. The van der Waals surface area contributed by atoms with Gasteiger partial charge in [-0.15, -0.1) is 0 Å². The number of rotatable bonds is 2. The summed E-state index contributed by atoms with van der Waals surface area (Å²) in [4.78, 5) is 6.57. The molecule has 0 aromatic heterocycles. The van der Waals surface area contributed by atoms with Crippen LogP contribution in [0.15, 0.2) is 59.6 Å². The zero-order valence-corrected chi connectivity index (χ0v) is 13.4. The topological polar surface area (TPSA) is 63.3 Å². The van der Waals surface area contributed by atoms with Gasteiger partial charge < -0.3 is 0 Å². The maximum Gasteiger partial charge on any atom is 0.131 e. The van der Waals surface area contributed by atoms with Crippen molar-refractivity contribution in [2.45, 2.75) is 26.3 Å². The molecule has 0 amide bonds. The molecule has 0 bridgehead atoms. The number of hydrogen-bond donors (Lipinski definition) is 2. The van der Waals surface area contributed by atoms with Crippen molar-refractivity contribution in [2.24, 2.45) is 4.99 Å². The van der Waals surface area contributed by atoms with Crippen molar-refractivity contribution in [3.63, 3.8) is 0 Å². The van der Waals surface area contributed by atoms with E-state index in [0.29, 0.717) is 11.7 Å². The predicted molar refractivity (Wildman–Crippen MR) is 96.2 cm³/mol. The molecule has 0 saturated heterocycles. The van der Waals surface area contributed by atoms with Gasteiger partial charge in [0.25, 0.3) is 0 Å². The van der Waals surface area contributed by atoms with E-state index < -0.39 is 0 Å². The molecule has 1 atom stereocenters. The van der Waals surface area contributed by atoms with Crippen LogP contribution in [-0.2, 0) is 0 Å². The number of benzene rings is 2. The molecule has 0 radical (unpaired) electrons. The molecular weight excluding hydrogens is 284 g/mol. The van der Waals surface area contributed by atoms with Crippen molar-refractivity contribution in [3.8, 4) is 0 Å². The third-order valence-electron chi connectivity index (χ3n) is 4.01. The molecule has 23 heavy (non-hydrogen) atoms. The van der Waals surface area contributed by atoms with Crippen LogP contribution in [-0.4, -0.2) is 23.4 Å². The summed E-state index contributed by atoms with van der Waals surface area (Å²) >= 11 is 0. The second kappa shape index (κ2) is 6.16. The Morgan fingerprint density at radius 2 is 1.74 bits per heavy atom. The van der Waals surface area contributed by atoms with Crippen LogP contribution in [0.1, 0.15) is 31.4 Å². The number of nitrogens with one attached hydrogen (secondary N) is 2. The highest BCUT2D eigenvalue weighted by atomic mass is 15.2. The molecular formula is C19H20N4. The number of nitrogens with zero attached hydrogens (tertiary/aromatic N) is 2. The van der Waals surface area contributed by atoms with Crippen LogP contribution in [0.25, 0.3) is 0 Å². The summed E-state index contributed by atoms with van der Waals surface area (Å²) in [5.41, 5.74) is 3.74. The Balaban J connectivity index is 2.27. The molecule has 2 aromatic carbocycles. The number of amidine groups is 2. The van der Waals surface area contributed by atoms with Crippen LogP contribution in [0, 0.1) is 10.8 Å². The summed E-state index contributed by atoms with van der Waals surface area (Å²) in [7, 11) is 0. The first-order valence-corrected chi connectivity index (χ1v) is 7.79. The van der Waals surface area contributed by atoms with Crippen molar-refractivity contribution in [3.05, 3.63) is 65.7 Å². The summed E-state index contributed by atoms with van der Waals surface area (Å²) < 4.78 is 0.